The topological polar surface area (TPSA) is 98.5 Å². The average molecular weight is 330 g/mol. The molecule has 0 aliphatic carbocycles. The van der Waals surface area contributed by atoms with Gasteiger partial charge in [0.1, 0.15) is 18.1 Å². The fourth-order valence-electron chi connectivity index (χ4n) is 2.50. The van der Waals surface area contributed by atoms with Gasteiger partial charge in [0.15, 0.2) is 11.5 Å². The van der Waals surface area contributed by atoms with Crippen molar-refractivity contribution in [3.05, 3.63) is 41.9 Å². The van der Waals surface area contributed by atoms with Gasteiger partial charge in [-0.25, -0.2) is 9.48 Å². The van der Waals surface area contributed by atoms with E-state index in [0.717, 1.165) is 12.0 Å². The second-order valence-corrected chi connectivity index (χ2v) is 5.24. The molecule has 0 spiro atoms. The van der Waals surface area contributed by atoms with Gasteiger partial charge < -0.3 is 19.9 Å². The van der Waals surface area contributed by atoms with E-state index >= 15 is 0 Å². The lowest BCUT2D eigenvalue weighted by molar-refractivity contribution is -0.132. The summed E-state index contributed by atoms with van der Waals surface area (Å²) in [5, 5.41) is 16.2. The van der Waals surface area contributed by atoms with Gasteiger partial charge in [-0.1, -0.05) is 13.0 Å². The van der Waals surface area contributed by atoms with Gasteiger partial charge in [-0.05, 0) is 30.2 Å². The Balaban J connectivity index is 2.00. The Labute approximate surface area is 138 Å². The third kappa shape index (κ3) is 2.90. The molecule has 1 atom stereocenters. The molecule has 0 unspecified atom stereocenters. The first-order valence-corrected chi connectivity index (χ1v) is 7.56. The molecule has 0 bridgehead atoms. The van der Waals surface area contributed by atoms with Crippen LogP contribution in [0.3, 0.4) is 0 Å². The van der Waals surface area contributed by atoms with Crippen molar-refractivity contribution in [3.63, 3.8) is 0 Å². The zero-order chi connectivity index (χ0) is 17.1. The Kier molecular flexibility index (Phi) is 4.37. The number of methoxy groups -OCH3 is 1. The number of fused-ring (bicyclic) bond motifs is 1. The first-order valence-electron chi connectivity index (χ1n) is 7.56. The summed E-state index contributed by atoms with van der Waals surface area (Å²) in [7, 11) is 1.57. The summed E-state index contributed by atoms with van der Waals surface area (Å²) in [6, 6.07) is 5.10. The van der Waals surface area contributed by atoms with E-state index < -0.39 is 12.0 Å². The molecular formula is C16H18N4O4. The van der Waals surface area contributed by atoms with E-state index in [1.165, 1.54) is 6.33 Å². The molecule has 8 heteroatoms. The molecule has 0 radical (unpaired) electrons. The second-order valence-electron chi connectivity index (χ2n) is 5.24. The SMILES string of the molecule is CCCOc1ccc([C@@H]2C=C(C(=O)O)Nc3ncnn32)cc1OC. The van der Waals surface area contributed by atoms with Crippen LogP contribution >= 0.6 is 0 Å². The van der Waals surface area contributed by atoms with Crippen molar-refractivity contribution in [1.29, 1.82) is 0 Å². The van der Waals surface area contributed by atoms with Crippen LogP contribution in [-0.4, -0.2) is 39.6 Å². The highest BCUT2D eigenvalue weighted by Gasteiger charge is 2.26. The monoisotopic (exact) mass is 330 g/mol. The minimum absolute atomic E-state index is 0.0609. The standard InChI is InChI=1S/C16H18N4O4/c1-3-6-24-13-5-4-10(7-14(13)23-2)12-8-11(15(21)22)19-16-17-9-18-20(12)16/h4-5,7-9,12H,3,6H2,1-2H3,(H,21,22)(H,17,18,19)/t12-/m0/s1. The lowest BCUT2D eigenvalue weighted by Crippen LogP contribution is -2.24. The van der Waals surface area contributed by atoms with Crippen molar-refractivity contribution in [1.82, 2.24) is 14.8 Å². The number of rotatable bonds is 6. The van der Waals surface area contributed by atoms with Crippen LogP contribution in [0, 0.1) is 0 Å². The average Bonchev–Trinajstić information content (AvgIpc) is 3.07. The van der Waals surface area contributed by atoms with E-state index in [-0.39, 0.29) is 5.70 Å². The Morgan fingerprint density at radius 2 is 2.25 bits per heavy atom. The molecular weight excluding hydrogens is 312 g/mol. The van der Waals surface area contributed by atoms with E-state index in [2.05, 4.69) is 15.4 Å². The zero-order valence-electron chi connectivity index (χ0n) is 13.4. The highest BCUT2D eigenvalue weighted by atomic mass is 16.5. The van der Waals surface area contributed by atoms with Crippen molar-refractivity contribution >= 4 is 11.9 Å². The van der Waals surface area contributed by atoms with Gasteiger partial charge in [0.05, 0.1) is 13.7 Å². The molecule has 2 heterocycles. The molecule has 2 N–H and O–H groups in total. The van der Waals surface area contributed by atoms with Gasteiger partial charge in [0, 0.05) is 0 Å². The number of nitrogens with zero attached hydrogens (tertiary/aromatic N) is 3. The summed E-state index contributed by atoms with van der Waals surface area (Å²) in [6.07, 6.45) is 3.86. The number of carboxylic acids is 1. The zero-order valence-corrected chi connectivity index (χ0v) is 13.4. The van der Waals surface area contributed by atoms with Crippen LogP contribution in [0.4, 0.5) is 5.95 Å². The van der Waals surface area contributed by atoms with Gasteiger partial charge in [0.25, 0.3) is 0 Å². The second kappa shape index (κ2) is 6.61. The Hall–Kier alpha value is -3.03. The molecule has 1 aromatic heterocycles. The number of hydrogen-bond donors (Lipinski definition) is 2. The summed E-state index contributed by atoms with van der Waals surface area (Å²) in [6.45, 7) is 2.62. The lowest BCUT2D eigenvalue weighted by atomic mass is 10.0. The quantitative estimate of drug-likeness (QED) is 0.836. The molecule has 0 saturated heterocycles. The molecule has 126 valence electrons. The minimum Gasteiger partial charge on any atom is -0.493 e. The van der Waals surface area contributed by atoms with Gasteiger partial charge >= 0.3 is 5.97 Å². The molecule has 8 nitrogen and oxygen atoms in total. The Morgan fingerprint density at radius 3 is 2.96 bits per heavy atom. The van der Waals surface area contributed by atoms with Crippen molar-refractivity contribution in [2.24, 2.45) is 0 Å². The van der Waals surface area contributed by atoms with Crippen molar-refractivity contribution < 1.29 is 19.4 Å². The van der Waals surface area contributed by atoms with Gasteiger partial charge in [-0.15, -0.1) is 0 Å². The Morgan fingerprint density at radius 1 is 1.42 bits per heavy atom. The highest BCUT2D eigenvalue weighted by Crippen LogP contribution is 2.34. The first-order chi connectivity index (χ1) is 11.6. The van der Waals surface area contributed by atoms with E-state index in [0.29, 0.717) is 24.1 Å². The van der Waals surface area contributed by atoms with Crippen LogP contribution in [0.1, 0.15) is 24.9 Å². The lowest BCUT2D eigenvalue weighted by Gasteiger charge is -2.23. The van der Waals surface area contributed by atoms with Crippen LogP contribution in [0.25, 0.3) is 0 Å². The third-order valence-electron chi connectivity index (χ3n) is 3.63. The fourth-order valence-corrected chi connectivity index (χ4v) is 2.50. The molecule has 1 aliphatic heterocycles. The normalized spacial score (nSPS) is 15.9. The number of anilines is 1. The van der Waals surface area contributed by atoms with Crippen molar-refractivity contribution in [3.8, 4) is 11.5 Å². The fraction of sp³-hybridized carbons (Fsp3) is 0.312. The van der Waals surface area contributed by atoms with Crippen LogP contribution in [-0.2, 0) is 4.79 Å². The highest BCUT2D eigenvalue weighted by molar-refractivity contribution is 5.90. The maximum atomic E-state index is 11.3. The molecule has 24 heavy (non-hydrogen) atoms. The minimum atomic E-state index is -1.05. The van der Waals surface area contributed by atoms with E-state index in [1.54, 1.807) is 17.9 Å². The van der Waals surface area contributed by atoms with Gasteiger partial charge in [-0.2, -0.15) is 10.1 Å². The summed E-state index contributed by atoms with van der Waals surface area (Å²) in [5.74, 6) is 0.569. The maximum Gasteiger partial charge on any atom is 0.352 e. The molecule has 3 rings (SSSR count). The summed E-state index contributed by atoms with van der Waals surface area (Å²) < 4.78 is 12.7. The Bertz CT molecular complexity index is 784. The van der Waals surface area contributed by atoms with Crippen LogP contribution in [0.15, 0.2) is 36.3 Å². The molecule has 0 saturated carbocycles. The van der Waals surface area contributed by atoms with Crippen LogP contribution < -0.4 is 14.8 Å². The number of carbonyl (C=O) groups is 1. The number of benzene rings is 1. The number of allylic oxidation sites excluding steroid dienone is 1. The summed E-state index contributed by atoms with van der Waals surface area (Å²) in [5.41, 5.74) is 0.883. The number of ether oxygens (including phenoxy) is 2. The molecule has 0 fully saturated rings. The third-order valence-corrected chi connectivity index (χ3v) is 3.63. The van der Waals surface area contributed by atoms with E-state index in [4.69, 9.17) is 9.47 Å². The molecule has 0 amide bonds. The first kappa shape index (κ1) is 15.9. The summed E-state index contributed by atoms with van der Waals surface area (Å²) >= 11 is 0. The number of aromatic nitrogens is 3. The number of hydrogen-bond acceptors (Lipinski definition) is 6. The molecule has 1 aromatic carbocycles. The maximum absolute atomic E-state index is 11.3. The van der Waals surface area contributed by atoms with Crippen molar-refractivity contribution in [2.45, 2.75) is 19.4 Å². The van der Waals surface area contributed by atoms with Crippen LogP contribution in [0.5, 0.6) is 11.5 Å². The molecule has 2 aromatic rings. The largest absolute Gasteiger partial charge is 0.493 e. The van der Waals surface area contributed by atoms with Gasteiger partial charge in [0.2, 0.25) is 5.95 Å². The number of carboxylic acid groups (broad SMARTS) is 1. The van der Waals surface area contributed by atoms with E-state index in [9.17, 15) is 9.90 Å². The van der Waals surface area contributed by atoms with Crippen molar-refractivity contribution in [2.75, 3.05) is 19.0 Å². The predicted octanol–water partition coefficient (Wildman–Crippen LogP) is 2.06. The predicted molar refractivity (Wildman–Crippen MR) is 86.3 cm³/mol. The van der Waals surface area contributed by atoms with E-state index in [1.807, 2.05) is 25.1 Å². The smallest absolute Gasteiger partial charge is 0.352 e. The summed E-state index contributed by atoms with van der Waals surface area (Å²) in [4.78, 5) is 15.4. The number of nitrogens with one attached hydrogen (secondary N) is 1. The van der Waals surface area contributed by atoms with Crippen LogP contribution in [0.2, 0.25) is 0 Å². The molecule has 1 aliphatic rings. The number of aliphatic carboxylic acids is 1. The van der Waals surface area contributed by atoms with Gasteiger partial charge in [-0.3, -0.25) is 0 Å².